The number of nitrogens with one attached hydrogen (secondary N) is 2. The van der Waals surface area contributed by atoms with Gasteiger partial charge in [-0.2, -0.15) is 5.10 Å². The van der Waals surface area contributed by atoms with Gasteiger partial charge in [-0.1, -0.05) is 36.4 Å². The van der Waals surface area contributed by atoms with E-state index in [1.807, 2.05) is 54.6 Å². The van der Waals surface area contributed by atoms with Gasteiger partial charge >= 0.3 is 12.1 Å². The Bertz CT molecular complexity index is 1400. The number of nitrogens with zero attached hydrogens (tertiary/aromatic N) is 2. The summed E-state index contributed by atoms with van der Waals surface area (Å²) in [6.45, 7) is 1.78. The SMILES string of the molecule is CCOC(=O)c1cnn(C)c1NC(=O)OCC(Oc1cccc2sc(C(=N)N)cc12)c1ccccc1. The van der Waals surface area contributed by atoms with Crippen molar-refractivity contribution in [3.63, 3.8) is 0 Å². The molecule has 1 amide bonds. The number of hydrogen-bond acceptors (Lipinski definition) is 8. The minimum atomic E-state index is -0.777. The first-order valence-corrected chi connectivity index (χ1v) is 11.9. The van der Waals surface area contributed by atoms with Gasteiger partial charge in [-0.3, -0.25) is 15.4 Å². The van der Waals surface area contributed by atoms with Crippen LogP contribution >= 0.6 is 11.3 Å². The van der Waals surface area contributed by atoms with Gasteiger partial charge in [-0.25, -0.2) is 9.59 Å². The van der Waals surface area contributed by atoms with E-state index >= 15 is 0 Å². The number of amides is 1. The molecule has 0 aliphatic heterocycles. The zero-order valence-electron chi connectivity index (χ0n) is 19.7. The van der Waals surface area contributed by atoms with Crippen molar-refractivity contribution in [1.82, 2.24) is 9.78 Å². The number of anilines is 1. The molecule has 0 bridgehead atoms. The lowest BCUT2D eigenvalue weighted by Gasteiger charge is -2.20. The summed E-state index contributed by atoms with van der Waals surface area (Å²) >= 11 is 1.40. The number of ether oxygens (including phenoxy) is 3. The molecule has 0 fully saturated rings. The van der Waals surface area contributed by atoms with Gasteiger partial charge in [-0.05, 0) is 30.7 Å². The topological polar surface area (TPSA) is 142 Å². The summed E-state index contributed by atoms with van der Waals surface area (Å²) in [5.41, 5.74) is 6.59. The molecule has 11 heteroatoms. The molecule has 2 aromatic carbocycles. The van der Waals surface area contributed by atoms with Gasteiger partial charge in [0.1, 0.15) is 29.6 Å². The fourth-order valence-electron chi connectivity index (χ4n) is 3.52. The molecule has 2 aromatic heterocycles. The zero-order chi connectivity index (χ0) is 25.7. The Labute approximate surface area is 211 Å². The number of carbonyl (C=O) groups is 2. The van der Waals surface area contributed by atoms with E-state index in [2.05, 4.69) is 10.4 Å². The van der Waals surface area contributed by atoms with Crippen LogP contribution in [0.15, 0.2) is 60.8 Å². The number of benzene rings is 2. The number of hydrogen-bond donors (Lipinski definition) is 3. The van der Waals surface area contributed by atoms with Crippen LogP contribution in [0, 0.1) is 5.41 Å². The van der Waals surface area contributed by atoms with Crippen molar-refractivity contribution in [2.24, 2.45) is 12.8 Å². The molecule has 0 aliphatic carbocycles. The first kappa shape index (κ1) is 24.7. The van der Waals surface area contributed by atoms with Crippen LogP contribution in [0.2, 0.25) is 0 Å². The van der Waals surface area contributed by atoms with Gasteiger partial charge in [0.25, 0.3) is 0 Å². The highest BCUT2D eigenvalue weighted by atomic mass is 32.1. The quantitative estimate of drug-likeness (QED) is 0.172. The number of thiophene rings is 1. The summed E-state index contributed by atoms with van der Waals surface area (Å²) < 4.78 is 19.1. The van der Waals surface area contributed by atoms with Crippen LogP contribution in [0.3, 0.4) is 0 Å². The lowest BCUT2D eigenvalue weighted by molar-refractivity contribution is 0.0527. The third kappa shape index (κ3) is 5.47. The van der Waals surface area contributed by atoms with Crippen LogP contribution in [-0.2, 0) is 16.5 Å². The van der Waals surface area contributed by atoms with Crippen LogP contribution in [-0.4, -0.2) is 40.9 Å². The Morgan fingerprint density at radius 3 is 2.67 bits per heavy atom. The van der Waals surface area contributed by atoms with E-state index in [0.717, 1.165) is 15.6 Å². The molecule has 0 radical (unpaired) electrons. The number of esters is 1. The predicted molar refractivity (Wildman–Crippen MR) is 137 cm³/mol. The van der Waals surface area contributed by atoms with Crippen molar-refractivity contribution in [3.05, 3.63) is 76.8 Å². The molecule has 0 saturated carbocycles. The van der Waals surface area contributed by atoms with E-state index < -0.39 is 18.2 Å². The van der Waals surface area contributed by atoms with E-state index in [1.165, 1.54) is 22.2 Å². The summed E-state index contributed by atoms with van der Waals surface area (Å²) in [6, 6.07) is 16.8. The van der Waals surface area contributed by atoms with Gasteiger partial charge in [0.2, 0.25) is 0 Å². The van der Waals surface area contributed by atoms with Crippen LogP contribution in [0.4, 0.5) is 10.6 Å². The van der Waals surface area contributed by atoms with Crippen LogP contribution < -0.4 is 15.8 Å². The van der Waals surface area contributed by atoms with Gasteiger partial charge < -0.3 is 19.9 Å². The molecule has 186 valence electrons. The number of carbonyl (C=O) groups excluding carboxylic acids is 2. The minimum absolute atomic E-state index is 0.0147. The number of fused-ring (bicyclic) bond motifs is 1. The Morgan fingerprint density at radius 1 is 1.17 bits per heavy atom. The molecular weight excluding hydrogens is 482 g/mol. The molecule has 0 spiro atoms. The molecule has 0 saturated heterocycles. The third-order valence-corrected chi connectivity index (χ3v) is 6.38. The Kier molecular flexibility index (Phi) is 7.50. The summed E-state index contributed by atoms with van der Waals surface area (Å²) in [5, 5.41) is 15.1. The van der Waals surface area contributed by atoms with Crippen molar-refractivity contribution in [2.45, 2.75) is 13.0 Å². The third-order valence-electron chi connectivity index (χ3n) is 5.25. The second-order valence-electron chi connectivity index (χ2n) is 7.68. The lowest BCUT2D eigenvalue weighted by atomic mass is 10.1. The largest absolute Gasteiger partial charge is 0.481 e. The maximum atomic E-state index is 12.7. The van der Waals surface area contributed by atoms with E-state index in [1.54, 1.807) is 14.0 Å². The van der Waals surface area contributed by atoms with E-state index in [-0.39, 0.29) is 30.4 Å². The first-order valence-electron chi connectivity index (χ1n) is 11.1. The van der Waals surface area contributed by atoms with Crippen molar-refractivity contribution < 1.29 is 23.8 Å². The number of rotatable bonds is 9. The maximum Gasteiger partial charge on any atom is 0.412 e. The Hall–Kier alpha value is -4.38. The van der Waals surface area contributed by atoms with Crippen LogP contribution in [0.1, 0.15) is 33.8 Å². The minimum Gasteiger partial charge on any atom is -0.481 e. The molecule has 0 aliphatic rings. The summed E-state index contributed by atoms with van der Waals surface area (Å²) in [5.74, 6) is 0.125. The molecule has 4 rings (SSSR count). The fraction of sp³-hybridized carbons (Fsp3) is 0.200. The zero-order valence-corrected chi connectivity index (χ0v) is 20.5. The molecule has 4 N–H and O–H groups in total. The molecule has 36 heavy (non-hydrogen) atoms. The summed E-state index contributed by atoms with van der Waals surface area (Å²) in [6.07, 6.45) is -0.0825. The van der Waals surface area contributed by atoms with Crippen LogP contribution in [0.5, 0.6) is 5.75 Å². The standard InChI is InChI=1S/C25H25N5O5S/c1-3-33-24(31)17-13-28-30(2)23(17)29-25(32)34-14-19(15-8-5-4-6-9-15)35-18-10-7-11-20-16(18)12-21(36-20)22(26)27/h4-13,19H,3,14H2,1-2H3,(H3,26,27)(H,29,32). The second kappa shape index (κ2) is 10.9. The van der Waals surface area contributed by atoms with Gasteiger partial charge in [-0.15, -0.1) is 11.3 Å². The maximum absolute atomic E-state index is 12.7. The predicted octanol–water partition coefficient (Wildman–Crippen LogP) is 4.46. The van der Waals surface area contributed by atoms with Crippen molar-refractivity contribution in [1.29, 1.82) is 5.41 Å². The highest BCUT2D eigenvalue weighted by molar-refractivity contribution is 7.20. The van der Waals surface area contributed by atoms with Crippen molar-refractivity contribution in [2.75, 3.05) is 18.5 Å². The van der Waals surface area contributed by atoms with E-state index in [0.29, 0.717) is 10.6 Å². The lowest BCUT2D eigenvalue weighted by Crippen LogP contribution is -2.23. The number of nitrogen functional groups attached to an aromatic ring is 1. The first-order chi connectivity index (χ1) is 17.4. The molecule has 4 aromatic rings. The fourth-order valence-corrected chi connectivity index (χ4v) is 4.46. The average molecular weight is 508 g/mol. The molecule has 2 heterocycles. The number of amidine groups is 1. The van der Waals surface area contributed by atoms with Gasteiger partial charge in [0.05, 0.1) is 17.7 Å². The van der Waals surface area contributed by atoms with Gasteiger partial charge in [0.15, 0.2) is 6.10 Å². The molecule has 1 unspecified atom stereocenters. The monoisotopic (exact) mass is 507 g/mol. The number of aromatic nitrogens is 2. The summed E-state index contributed by atoms with van der Waals surface area (Å²) in [4.78, 5) is 25.5. The molecule has 10 nitrogen and oxygen atoms in total. The molecular formula is C25H25N5O5S. The smallest absolute Gasteiger partial charge is 0.412 e. The van der Waals surface area contributed by atoms with E-state index in [9.17, 15) is 9.59 Å². The number of aryl methyl sites for hydroxylation is 1. The van der Waals surface area contributed by atoms with Gasteiger partial charge in [0, 0.05) is 17.1 Å². The van der Waals surface area contributed by atoms with Crippen molar-refractivity contribution >= 4 is 45.1 Å². The van der Waals surface area contributed by atoms with Crippen molar-refractivity contribution in [3.8, 4) is 5.75 Å². The highest BCUT2D eigenvalue weighted by Crippen LogP contribution is 2.35. The molecule has 1 atom stereocenters. The second-order valence-corrected chi connectivity index (χ2v) is 8.77. The summed E-state index contributed by atoms with van der Waals surface area (Å²) in [7, 11) is 1.59. The average Bonchev–Trinajstić information content (AvgIpc) is 3.47. The highest BCUT2D eigenvalue weighted by Gasteiger charge is 2.22. The number of nitrogens with two attached hydrogens (primary N) is 1. The van der Waals surface area contributed by atoms with Crippen LogP contribution in [0.25, 0.3) is 10.1 Å². The normalized spacial score (nSPS) is 11.6. The Balaban J connectivity index is 1.53. The van der Waals surface area contributed by atoms with E-state index in [4.69, 9.17) is 25.4 Å². The Morgan fingerprint density at radius 2 is 1.94 bits per heavy atom.